The largest absolute Gasteiger partial charge is 0.320 e. The number of aryl methyl sites for hydroxylation is 3. The highest BCUT2D eigenvalue weighted by molar-refractivity contribution is 7.12. The van der Waals surface area contributed by atoms with Crippen LogP contribution < -0.4 is 5.73 Å². The van der Waals surface area contributed by atoms with E-state index in [0.29, 0.717) is 0 Å². The lowest BCUT2D eigenvalue weighted by molar-refractivity contribution is 0.871. The standard InChI is InChI=1S/C15H19NS/c1-4-12-8-9-13(17-12)15(16)14-10(2)6-5-7-11(14)3/h5-9,15H,4,16H2,1-3H3. The predicted octanol–water partition coefficient (Wildman–Crippen LogP) is 3.98. The first-order chi connectivity index (χ1) is 8.13. The molecule has 1 aromatic carbocycles. The molecule has 0 aliphatic heterocycles. The first-order valence-electron chi connectivity index (χ1n) is 6.03. The molecule has 2 rings (SSSR count). The molecule has 2 N–H and O–H groups in total. The van der Waals surface area contributed by atoms with Crippen molar-refractivity contribution in [3.63, 3.8) is 0 Å². The fraction of sp³-hybridized carbons (Fsp3) is 0.333. The van der Waals surface area contributed by atoms with Crippen molar-refractivity contribution in [2.75, 3.05) is 0 Å². The van der Waals surface area contributed by atoms with Crippen molar-refractivity contribution < 1.29 is 0 Å². The van der Waals surface area contributed by atoms with Crippen molar-refractivity contribution in [2.24, 2.45) is 5.73 Å². The van der Waals surface area contributed by atoms with Crippen LogP contribution in [0.5, 0.6) is 0 Å². The van der Waals surface area contributed by atoms with Gasteiger partial charge in [0.25, 0.3) is 0 Å². The van der Waals surface area contributed by atoms with Gasteiger partial charge in [-0.05, 0) is 49.1 Å². The monoisotopic (exact) mass is 245 g/mol. The summed E-state index contributed by atoms with van der Waals surface area (Å²) in [6.07, 6.45) is 1.09. The number of hydrogen-bond donors (Lipinski definition) is 1. The molecule has 1 atom stereocenters. The normalized spacial score (nSPS) is 12.7. The molecule has 0 spiro atoms. The Balaban J connectivity index is 2.39. The van der Waals surface area contributed by atoms with Gasteiger partial charge in [0, 0.05) is 9.75 Å². The molecule has 17 heavy (non-hydrogen) atoms. The van der Waals surface area contributed by atoms with Gasteiger partial charge < -0.3 is 5.73 Å². The van der Waals surface area contributed by atoms with Gasteiger partial charge in [0.1, 0.15) is 0 Å². The summed E-state index contributed by atoms with van der Waals surface area (Å²) in [4.78, 5) is 2.67. The lowest BCUT2D eigenvalue weighted by atomic mass is 9.96. The van der Waals surface area contributed by atoms with Gasteiger partial charge in [-0.25, -0.2) is 0 Å². The smallest absolute Gasteiger partial charge is 0.0651 e. The molecule has 0 saturated carbocycles. The summed E-state index contributed by atoms with van der Waals surface area (Å²) in [5.41, 5.74) is 10.2. The minimum absolute atomic E-state index is 0.0153. The van der Waals surface area contributed by atoms with Crippen LogP contribution in [0.3, 0.4) is 0 Å². The zero-order valence-corrected chi connectivity index (χ0v) is 11.5. The highest BCUT2D eigenvalue weighted by Gasteiger charge is 2.15. The molecule has 1 heterocycles. The molecular weight excluding hydrogens is 226 g/mol. The lowest BCUT2D eigenvalue weighted by Gasteiger charge is -2.16. The van der Waals surface area contributed by atoms with Crippen molar-refractivity contribution in [2.45, 2.75) is 33.2 Å². The molecule has 0 fully saturated rings. The van der Waals surface area contributed by atoms with Crippen LogP contribution in [0, 0.1) is 13.8 Å². The van der Waals surface area contributed by atoms with Crippen LogP contribution in [-0.4, -0.2) is 0 Å². The van der Waals surface area contributed by atoms with Crippen molar-refractivity contribution in [3.05, 3.63) is 56.8 Å². The summed E-state index contributed by atoms with van der Waals surface area (Å²) in [7, 11) is 0. The second kappa shape index (κ2) is 5.03. The molecule has 0 saturated heterocycles. The molecule has 1 aromatic heterocycles. The number of benzene rings is 1. The zero-order chi connectivity index (χ0) is 12.4. The molecule has 2 aromatic rings. The zero-order valence-electron chi connectivity index (χ0n) is 10.7. The minimum atomic E-state index is 0.0153. The van der Waals surface area contributed by atoms with Crippen molar-refractivity contribution >= 4 is 11.3 Å². The molecule has 90 valence electrons. The van der Waals surface area contributed by atoms with Crippen LogP contribution in [0.25, 0.3) is 0 Å². The summed E-state index contributed by atoms with van der Waals surface area (Å²) in [5, 5.41) is 0. The molecule has 0 bridgehead atoms. The van der Waals surface area contributed by atoms with E-state index in [1.807, 2.05) is 11.3 Å². The number of nitrogens with two attached hydrogens (primary N) is 1. The minimum Gasteiger partial charge on any atom is -0.320 e. The first kappa shape index (κ1) is 12.3. The van der Waals surface area contributed by atoms with Gasteiger partial charge in [-0.15, -0.1) is 11.3 Å². The summed E-state index contributed by atoms with van der Waals surface area (Å²) in [5.74, 6) is 0. The van der Waals surface area contributed by atoms with E-state index in [1.54, 1.807) is 0 Å². The van der Waals surface area contributed by atoms with Gasteiger partial charge in [0.2, 0.25) is 0 Å². The fourth-order valence-electron chi connectivity index (χ4n) is 2.21. The van der Waals surface area contributed by atoms with E-state index >= 15 is 0 Å². The van der Waals surface area contributed by atoms with Gasteiger partial charge >= 0.3 is 0 Å². The second-order valence-electron chi connectivity index (χ2n) is 4.44. The van der Waals surface area contributed by atoms with Gasteiger partial charge in [0.05, 0.1) is 6.04 Å². The maximum atomic E-state index is 6.40. The van der Waals surface area contributed by atoms with Crippen molar-refractivity contribution in [1.82, 2.24) is 0 Å². The maximum Gasteiger partial charge on any atom is 0.0651 e. The predicted molar refractivity (Wildman–Crippen MR) is 75.6 cm³/mol. The van der Waals surface area contributed by atoms with E-state index < -0.39 is 0 Å². The first-order valence-corrected chi connectivity index (χ1v) is 6.85. The summed E-state index contributed by atoms with van der Waals surface area (Å²) >= 11 is 1.83. The quantitative estimate of drug-likeness (QED) is 0.869. The average Bonchev–Trinajstić information content (AvgIpc) is 2.77. The van der Waals surface area contributed by atoms with Crippen molar-refractivity contribution in [1.29, 1.82) is 0 Å². The highest BCUT2D eigenvalue weighted by Crippen LogP contribution is 2.30. The lowest BCUT2D eigenvalue weighted by Crippen LogP contribution is -2.13. The van der Waals surface area contributed by atoms with Gasteiger partial charge in [-0.3, -0.25) is 0 Å². The second-order valence-corrected chi connectivity index (χ2v) is 5.64. The number of thiophene rings is 1. The summed E-state index contributed by atoms with van der Waals surface area (Å²) in [6.45, 7) is 6.45. The molecule has 0 amide bonds. The van der Waals surface area contributed by atoms with E-state index in [9.17, 15) is 0 Å². The van der Waals surface area contributed by atoms with Crippen LogP contribution >= 0.6 is 11.3 Å². The molecule has 1 unspecified atom stereocenters. The Morgan fingerprint density at radius 3 is 2.29 bits per heavy atom. The van der Waals surface area contributed by atoms with Crippen LogP contribution in [0.1, 0.15) is 39.4 Å². The third-order valence-electron chi connectivity index (χ3n) is 3.19. The van der Waals surface area contributed by atoms with Crippen LogP contribution in [0.2, 0.25) is 0 Å². The Labute approximate surface area is 107 Å². The third kappa shape index (κ3) is 2.43. The fourth-order valence-corrected chi connectivity index (χ4v) is 3.18. The Bertz CT molecular complexity index is 493. The van der Waals surface area contributed by atoms with Gasteiger partial charge in [-0.1, -0.05) is 25.1 Å². The van der Waals surface area contributed by atoms with Crippen LogP contribution in [0.4, 0.5) is 0 Å². The SMILES string of the molecule is CCc1ccc(C(N)c2c(C)cccc2C)s1. The Morgan fingerprint density at radius 1 is 1.12 bits per heavy atom. The Hall–Kier alpha value is -1.12. The molecular formula is C15H19NS. The van der Waals surface area contributed by atoms with Gasteiger partial charge in [-0.2, -0.15) is 0 Å². The van der Waals surface area contributed by atoms with E-state index in [4.69, 9.17) is 5.73 Å². The van der Waals surface area contributed by atoms with E-state index in [-0.39, 0.29) is 6.04 Å². The molecule has 2 heteroatoms. The Morgan fingerprint density at radius 2 is 1.76 bits per heavy atom. The van der Waals surface area contributed by atoms with Crippen molar-refractivity contribution in [3.8, 4) is 0 Å². The Kier molecular flexibility index (Phi) is 3.65. The summed E-state index contributed by atoms with van der Waals surface area (Å²) < 4.78 is 0. The maximum absolute atomic E-state index is 6.40. The number of hydrogen-bond acceptors (Lipinski definition) is 2. The third-order valence-corrected chi connectivity index (χ3v) is 4.50. The molecule has 0 radical (unpaired) electrons. The van der Waals surface area contributed by atoms with E-state index in [1.165, 1.54) is 26.4 Å². The molecule has 1 nitrogen and oxygen atoms in total. The van der Waals surface area contributed by atoms with Crippen LogP contribution in [-0.2, 0) is 6.42 Å². The summed E-state index contributed by atoms with van der Waals surface area (Å²) in [6, 6.07) is 10.7. The average molecular weight is 245 g/mol. The number of rotatable bonds is 3. The molecule has 0 aliphatic rings. The highest BCUT2D eigenvalue weighted by atomic mass is 32.1. The van der Waals surface area contributed by atoms with E-state index in [0.717, 1.165) is 6.42 Å². The van der Waals surface area contributed by atoms with Gasteiger partial charge in [0.15, 0.2) is 0 Å². The van der Waals surface area contributed by atoms with Crippen LogP contribution in [0.15, 0.2) is 30.3 Å². The van der Waals surface area contributed by atoms with E-state index in [2.05, 4.69) is 51.1 Å². The molecule has 0 aliphatic carbocycles. The topological polar surface area (TPSA) is 26.0 Å².